The van der Waals surface area contributed by atoms with Gasteiger partial charge in [0.25, 0.3) is 0 Å². The first-order chi connectivity index (χ1) is 9.54. The van der Waals surface area contributed by atoms with Crippen molar-refractivity contribution in [3.05, 3.63) is 33.8 Å². The maximum atomic E-state index is 6.31. The van der Waals surface area contributed by atoms with Crippen LogP contribution in [0.2, 0.25) is 10.0 Å². The predicted octanol–water partition coefficient (Wildman–Crippen LogP) is 4.76. The van der Waals surface area contributed by atoms with Crippen LogP contribution in [0.3, 0.4) is 0 Å². The van der Waals surface area contributed by atoms with Crippen molar-refractivity contribution in [3.8, 4) is 0 Å². The average Bonchev–Trinajstić information content (AvgIpc) is 2.45. The van der Waals surface area contributed by atoms with E-state index in [4.69, 9.17) is 23.2 Å². The van der Waals surface area contributed by atoms with E-state index < -0.39 is 0 Å². The van der Waals surface area contributed by atoms with Crippen LogP contribution in [0, 0.1) is 0 Å². The third kappa shape index (κ3) is 4.63. The molecule has 0 amide bonds. The minimum Gasteiger partial charge on any atom is -0.313 e. The van der Waals surface area contributed by atoms with Crippen molar-refractivity contribution in [1.82, 2.24) is 10.2 Å². The van der Waals surface area contributed by atoms with E-state index >= 15 is 0 Å². The van der Waals surface area contributed by atoms with Crippen LogP contribution in [0.15, 0.2) is 18.2 Å². The molecule has 1 aromatic rings. The summed E-state index contributed by atoms with van der Waals surface area (Å²) < 4.78 is 0. The van der Waals surface area contributed by atoms with Crippen LogP contribution in [0.5, 0.6) is 0 Å². The summed E-state index contributed by atoms with van der Waals surface area (Å²) in [6.45, 7) is 5.53. The van der Waals surface area contributed by atoms with Crippen LogP contribution in [-0.4, -0.2) is 31.6 Å². The molecule has 0 aromatic heterocycles. The lowest BCUT2D eigenvalue weighted by Crippen LogP contribution is -2.33. The van der Waals surface area contributed by atoms with Gasteiger partial charge in [0.1, 0.15) is 0 Å². The number of hydrogen-bond donors (Lipinski definition) is 1. The zero-order valence-electron chi connectivity index (χ0n) is 12.9. The molecule has 0 heterocycles. The second kappa shape index (κ2) is 8.89. The zero-order valence-corrected chi connectivity index (χ0v) is 14.4. The number of hydrogen-bond acceptors (Lipinski definition) is 2. The molecule has 0 radical (unpaired) electrons. The number of nitrogens with zero attached hydrogens (tertiary/aromatic N) is 1. The molecule has 1 aromatic carbocycles. The van der Waals surface area contributed by atoms with Gasteiger partial charge in [0.2, 0.25) is 0 Å². The molecule has 0 saturated carbocycles. The zero-order chi connectivity index (χ0) is 15.1. The molecule has 0 aliphatic carbocycles. The van der Waals surface area contributed by atoms with Gasteiger partial charge in [0, 0.05) is 12.1 Å². The third-order valence-electron chi connectivity index (χ3n) is 4.04. The highest BCUT2D eigenvalue weighted by molar-refractivity contribution is 6.42. The summed E-state index contributed by atoms with van der Waals surface area (Å²) in [7, 11) is 4.17. The standard InChI is InChI=1S/C16H26Cl2N2/c1-5-12(6-2)20(4)11-10-15(19-3)13-8-7-9-14(17)16(13)18/h7-9,12,15,19H,5-6,10-11H2,1-4H3. The SMILES string of the molecule is CCC(CC)N(C)CCC(NC)c1cccc(Cl)c1Cl. The second-order valence-electron chi connectivity index (χ2n) is 5.22. The molecule has 0 spiro atoms. The van der Waals surface area contributed by atoms with Gasteiger partial charge in [-0.15, -0.1) is 0 Å². The van der Waals surface area contributed by atoms with Crippen LogP contribution in [-0.2, 0) is 0 Å². The van der Waals surface area contributed by atoms with Crippen LogP contribution in [0.25, 0.3) is 0 Å². The van der Waals surface area contributed by atoms with Gasteiger partial charge in [-0.25, -0.2) is 0 Å². The molecule has 0 fully saturated rings. The molecule has 1 atom stereocenters. The Bertz CT molecular complexity index is 405. The van der Waals surface area contributed by atoms with E-state index in [9.17, 15) is 0 Å². The Labute approximate surface area is 133 Å². The highest BCUT2D eigenvalue weighted by Gasteiger charge is 2.17. The van der Waals surface area contributed by atoms with Crippen molar-refractivity contribution < 1.29 is 0 Å². The molecule has 0 aliphatic heterocycles. The molecule has 0 bridgehead atoms. The lowest BCUT2D eigenvalue weighted by Gasteiger charge is -2.28. The monoisotopic (exact) mass is 316 g/mol. The van der Waals surface area contributed by atoms with E-state index in [0.717, 1.165) is 18.5 Å². The van der Waals surface area contributed by atoms with Gasteiger partial charge in [0.15, 0.2) is 0 Å². The van der Waals surface area contributed by atoms with Crippen molar-refractivity contribution in [3.63, 3.8) is 0 Å². The fraction of sp³-hybridized carbons (Fsp3) is 0.625. The first kappa shape index (κ1) is 17.8. The van der Waals surface area contributed by atoms with Crippen molar-refractivity contribution >= 4 is 23.2 Å². The average molecular weight is 317 g/mol. The quantitative estimate of drug-likeness (QED) is 0.743. The largest absolute Gasteiger partial charge is 0.313 e. The lowest BCUT2D eigenvalue weighted by atomic mass is 10.0. The third-order valence-corrected chi connectivity index (χ3v) is 4.88. The van der Waals surface area contributed by atoms with E-state index in [1.165, 1.54) is 12.8 Å². The molecule has 1 N–H and O–H groups in total. The smallest absolute Gasteiger partial charge is 0.0640 e. The first-order valence-corrected chi connectivity index (χ1v) is 8.12. The number of halogens is 2. The first-order valence-electron chi connectivity index (χ1n) is 7.36. The van der Waals surface area contributed by atoms with E-state index in [1.54, 1.807) is 0 Å². The van der Waals surface area contributed by atoms with Crippen LogP contribution in [0.1, 0.15) is 44.7 Å². The minimum atomic E-state index is 0.234. The van der Waals surface area contributed by atoms with Crippen molar-refractivity contribution in [2.24, 2.45) is 0 Å². The van der Waals surface area contributed by atoms with Gasteiger partial charge >= 0.3 is 0 Å². The number of nitrogens with one attached hydrogen (secondary N) is 1. The molecule has 114 valence electrons. The van der Waals surface area contributed by atoms with Crippen molar-refractivity contribution in [2.75, 3.05) is 20.6 Å². The number of rotatable bonds is 8. The normalized spacial score (nSPS) is 13.2. The van der Waals surface area contributed by atoms with E-state index in [0.29, 0.717) is 16.1 Å². The Kier molecular flexibility index (Phi) is 7.90. The molecular weight excluding hydrogens is 291 g/mol. The van der Waals surface area contributed by atoms with Gasteiger partial charge in [-0.05, 0) is 51.5 Å². The summed E-state index contributed by atoms with van der Waals surface area (Å²) in [5, 5.41) is 4.64. The summed E-state index contributed by atoms with van der Waals surface area (Å²) >= 11 is 12.4. The Morgan fingerprint density at radius 3 is 2.40 bits per heavy atom. The summed E-state index contributed by atoms with van der Waals surface area (Å²) in [6, 6.07) is 6.72. The highest BCUT2D eigenvalue weighted by Crippen LogP contribution is 2.31. The fourth-order valence-corrected chi connectivity index (χ4v) is 3.11. The fourth-order valence-electron chi connectivity index (χ4n) is 2.67. The molecule has 0 saturated heterocycles. The maximum absolute atomic E-state index is 6.31. The molecular formula is C16H26Cl2N2. The van der Waals surface area contributed by atoms with Gasteiger partial charge in [-0.1, -0.05) is 49.2 Å². The Morgan fingerprint density at radius 1 is 1.20 bits per heavy atom. The van der Waals surface area contributed by atoms with Gasteiger partial charge in [-0.2, -0.15) is 0 Å². The van der Waals surface area contributed by atoms with Gasteiger partial charge in [0.05, 0.1) is 10.0 Å². The summed E-state index contributed by atoms with van der Waals surface area (Å²) in [5.41, 5.74) is 1.08. The second-order valence-corrected chi connectivity index (χ2v) is 6.01. The topological polar surface area (TPSA) is 15.3 Å². The molecule has 0 aliphatic rings. The summed E-state index contributed by atoms with van der Waals surface area (Å²) in [5.74, 6) is 0. The Balaban J connectivity index is 2.70. The van der Waals surface area contributed by atoms with Crippen molar-refractivity contribution in [1.29, 1.82) is 0 Å². The molecule has 4 heteroatoms. The maximum Gasteiger partial charge on any atom is 0.0640 e. The number of benzene rings is 1. The van der Waals surface area contributed by atoms with E-state index in [1.807, 2.05) is 25.2 Å². The van der Waals surface area contributed by atoms with Gasteiger partial charge in [-0.3, -0.25) is 0 Å². The molecule has 1 rings (SSSR count). The Morgan fingerprint density at radius 2 is 1.85 bits per heavy atom. The molecule has 2 nitrogen and oxygen atoms in total. The van der Waals surface area contributed by atoms with Crippen LogP contribution >= 0.6 is 23.2 Å². The summed E-state index contributed by atoms with van der Waals surface area (Å²) in [4.78, 5) is 2.43. The van der Waals surface area contributed by atoms with E-state index in [2.05, 4.69) is 31.1 Å². The lowest BCUT2D eigenvalue weighted by molar-refractivity contribution is 0.219. The minimum absolute atomic E-state index is 0.234. The molecule has 1 unspecified atom stereocenters. The van der Waals surface area contributed by atoms with Crippen LogP contribution < -0.4 is 5.32 Å². The van der Waals surface area contributed by atoms with Gasteiger partial charge < -0.3 is 10.2 Å². The molecule has 20 heavy (non-hydrogen) atoms. The highest BCUT2D eigenvalue weighted by atomic mass is 35.5. The van der Waals surface area contributed by atoms with E-state index in [-0.39, 0.29) is 6.04 Å². The predicted molar refractivity (Wildman–Crippen MR) is 89.9 cm³/mol. The summed E-state index contributed by atoms with van der Waals surface area (Å²) in [6.07, 6.45) is 3.40. The Hall–Kier alpha value is -0.280. The van der Waals surface area contributed by atoms with Crippen LogP contribution in [0.4, 0.5) is 0 Å². The van der Waals surface area contributed by atoms with Crippen molar-refractivity contribution in [2.45, 2.75) is 45.2 Å².